The van der Waals surface area contributed by atoms with Crippen LogP contribution in [0.15, 0.2) is 30.3 Å². The summed E-state index contributed by atoms with van der Waals surface area (Å²) in [7, 11) is 0. The van der Waals surface area contributed by atoms with Gasteiger partial charge >= 0.3 is 12.3 Å². The van der Waals surface area contributed by atoms with Gasteiger partial charge in [0.1, 0.15) is 12.6 Å². The lowest BCUT2D eigenvalue weighted by molar-refractivity contribution is -0.164. The van der Waals surface area contributed by atoms with Crippen LogP contribution in [0.3, 0.4) is 0 Å². The van der Waals surface area contributed by atoms with Gasteiger partial charge in [-0.2, -0.15) is 13.2 Å². The number of amides is 2. The minimum absolute atomic E-state index is 0.0126. The third-order valence-electron chi connectivity index (χ3n) is 3.23. The number of cyclic esters (lactones) is 1. The van der Waals surface area contributed by atoms with Crippen molar-refractivity contribution in [1.29, 1.82) is 0 Å². The predicted octanol–water partition coefficient (Wildman–Crippen LogP) is 2.08. The predicted molar refractivity (Wildman–Crippen MR) is 70.8 cm³/mol. The number of imide groups is 1. The smallest absolute Gasteiger partial charge is 0.416 e. The Morgan fingerprint density at radius 1 is 1.32 bits per heavy atom. The summed E-state index contributed by atoms with van der Waals surface area (Å²) < 4.78 is 43.6. The van der Waals surface area contributed by atoms with Gasteiger partial charge in [0.25, 0.3) is 0 Å². The first-order chi connectivity index (χ1) is 10.4. The molecule has 2 rings (SSSR count). The maximum absolute atomic E-state index is 13.0. The van der Waals surface area contributed by atoms with Crippen LogP contribution in [0.25, 0.3) is 0 Å². The summed E-state index contributed by atoms with van der Waals surface area (Å²) in [5.74, 6) is -0.898. The van der Waals surface area contributed by atoms with E-state index in [1.54, 1.807) is 30.3 Å². The van der Waals surface area contributed by atoms with E-state index in [4.69, 9.17) is 0 Å². The first kappa shape index (κ1) is 16.3. The van der Waals surface area contributed by atoms with Crippen LogP contribution in [-0.2, 0) is 16.1 Å². The number of hydrogen-bond donors (Lipinski definition) is 1. The lowest BCUT2D eigenvalue weighted by Gasteiger charge is -2.22. The first-order valence-corrected chi connectivity index (χ1v) is 6.69. The number of nitrogens with one attached hydrogen (secondary N) is 1. The van der Waals surface area contributed by atoms with Gasteiger partial charge in [-0.1, -0.05) is 30.3 Å². The minimum atomic E-state index is -4.59. The Kier molecular flexibility index (Phi) is 5.02. The lowest BCUT2D eigenvalue weighted by atomic mass is 10.1. The summed E-state index contributed by atoms with van der Waals surface area (Å²) in [4.78, 5) is 23.7. The number of halogens is 3. The molecule has 0 radical (unpaired) electrons. The van der Waals surface area contributed by atoms with Crippen molar-refractivity contribution in [3.8, 4) is 0 Å². The van der Waals surface area contributed by atoms with E-state index in [2.05, 4.69) is 10.1 Å². The summed E-state index contributed by atoms with van der Waals surface area (Å²) in [5.41, 5.74) is 0.671. The summed E-state index contributed by atoms with van der Waals surface area (Å²) in [6.07, 6.45) is -6.33. The second-order valence-corrected chi connectivity index (χ2v) is 4.82. The van der Waals surface area contributed by atoms with Crippen LogP contribution in [0, 0.1) is 0 Å². The van der Waals surface area contributed by atoms with E-state index in [0.29, 0.717) is 10.5 Å². The van der Waals surface area contributed by atoms with Crippen LogP contribution in [0.2, 0.25) is 0 Å². The maximum atomic E-state index is 13.0. The number of alkyl halides is 3. The standard InChI is InChI=1S/C14H15F3N2O3/c15-14(16,17)11(18-9-10-4-2-1-3-5-10)8-12(20)19-6-7-22-13(19)21/h1-5,11,18H,6-9H2. The second-order valence-electron chi connectivity index (χ2n) is 4.82. The first-order valence-electron chi connectivity index (χ1n) is 6.69. The highest BCUT2D eigenvalue weighted by atomic mass is 19.4. The van der Waals surface area contributed by atoms with Gasteiger partial charge in [0, 0.05) is 6.54 Å². The number of carbonyl (C=O) groups is 2. The molecule has 0 aliphatic carbocycles. The Labute approximate surface area is 125 Å². The van der Waals surface area contributed by atoms with Crippen molar-refractivity contribution in [3.05, 3.63) is 35.9 Å². The Bertz CT molecular complexity index is 534. The van der Waals surface area contributed by atoms with Gasteiger partial charge in [0.05, 0.1) is 13.0 Å². The highest BCUT2D eigenvalue weighted by molar-refractivity contribution is 5.93. The largest absolute Gasteiger partial charge is 0.447 e. The van der Waals surface area contributed by atoms with Gasteiger partial charge < -0.3 is 10.1 Å². The fourth-order valence-corrected chi connectivity index (χ4v) is 2.05. The average molecular weight is 316 g/mol. The number of carbonyl (C=O) groups excluding carboxylic acids is 2. The molecule has 22 heavy (non-hydrogen) atoms. The van der Waals surface area contributed by atoms with E-state index in [1.807, 2.05) is 0 Å². The van der Waals surface area contributed by atoms with Crippen LogP contribution in [0.4, 0.5) is 18.0 Å². The molecule has 5 nitrogen and oxygen atoms in total. The van der Waals surface area contributed by atoms with Crippen molar-refractivity contribution in [2.75, 3.05) is 13.2 Å². The van der Waals surface area contributed by atoms with E-state index in [-0.39, 0.29) is 19.7 Å². The normalized spacial score (nSPS) is 16.5. The number of nitrogens with zero attached hydrogens (tertiary/aromatic N) is 1. The monoisotopic (exact) mass is 316 g/mol. The van der Waals surface area contributed by atoms with Gasteiger partial charge in [-0.05, 0) is 5.56 Å². The Morgan fingerprint density at radius 2 is 2.00 bits per heavy atom. The number of ether oxygens (including phenoxy) is 1. The Balaban J connectivity index is 1.97. The second kappa shape index (κ2) is 6.78. The molecule has 1 N–H and O–H groups in total. The van der Waals surface area contributed by atoms with Crippen LogP contribution < -0.4 is 5.32 Å². The van der Waals surface area contributed by atoms with Gasteiger partial charge in [0.2, 0.25) is 5.91 Å². The van der Waals surface area contributed by atoms with E-state index in [9.17, 15) is 22.8 Å². The molecule has 1 unspecified atom stereocenters. The third kappa shape index (κ3) is 4.20. The molecule has 1 aromatic rings. The molecular weight excluding hydrogens is 301 g/mol. The molecule has 1 heterocycles. The van der Waals surface area contributed by atoms with Crippen molar-refractivity contribution >= 4 is 12.0 Å². The third-order valence-corrected chi connectivity index (χ3v) is 3.23. The molecular formula is C14H15F3N2O3. The molecule has 1 aliphatic rings. The molecule has 1 saturated heterocycles. The van der Waals surface area contributed by atoms with E-state index in [1.165, 1.54) is 0 Å². The zero-order valence-electron chi connectivity index (χ0n) is 11.6. The molecule has 1 aromatic carbocycles. The molecule has 0 saturated carbocycles. The highest BCUT2D eigenvalue weighted by Crippen LogP contribution is 2.24. The van der Waals surface area contributed by atoms with Crippen LogP contribution in [0.1, 0.15) is 12.0 Å². The van der Waals surface area contributed by atoms with E-state index in [0.717, 1.165) is 0 Å². The Hall–Kier alpha value is -2.09. The molecule has 120 valence electrons. The van der Waals surface area contributed by atoms with Crippen molar-refractivity contribution in [2.45, 2.75) is 25.2 Å². The maximum Gasteiger partial charge on any atom is 0.416 e. The SMILES string of the molecule is O=C(CC(NCc1ccccc1)C(F)(F)F)N1CCOC1=O. The molecule has 1 atom stereocenters. The van der Waals surface area contributed by atoms with Crippen molar-refractivity contribution < 1.29 is 27.5 Å². The molecule has 8 heteroatoms. The molecule has 2 amide bonds. The quantitative estimate of drug-likeness (QED) is 0.903. The average Bonchev–Trinajstić information content (AvgIpc) is 2.89. The topological polar surface area (TPSA) is 58.6 Å². The van der Waals surface area contributed by atoms with Crippen molar-refractivity contribution in [1.82, 2.24) is 10.2 Å². The van der Waals surface area contributed by atoms with E-state index < -0.39 is 30.6 Å². The van der Waals surface area contributed by atoms with Crippen LogP contribution in [0.5, 0.6) is 0 Å². The van der Waals surface area contributed by atoms with Gasteiger partial charge in [-0.3, -0.25) is 4.79 Å². The van der Waals surface area contributed by atoms with Gasteiger partial charge in [-0.15, -0.1) is 0 Å². The number of rotatable bonds is 5. The zero-order chi connectivity index (χ0) is 16.2. The van der Waals surface area contributed by atoms with Gasteiger partial charge in [-0.25, -0.2) is 9.69 Å². The van der Waals surface area contributed by atoms with Gasteiger partial charge in [0.15, 0.2) is 0 Å². The van der Waals surface area contributed by atoms with Crippen molar-refractivity contribution in [2.24, 2.45) is 0 Å². The number of hydrogen-bond acceptors (Lipinski definition) is 4. The van der Waals surface area contributed by atoms with Crippen LogP contribution >= 0.6 is 0 Å². The fraction of sp³-hybridized carbons (Fsp3) is 0.429. The van der Waals surface area contributed by atoms with Crippen LogP contribution in [-0.4, -0.2) is 42.3 Å². The lowest BCUT2D eigenvalue weighted by Crippen LogP contribution is -2.46. The highest BCUT2D eigenvalue weighted by Gasteiger charge is 2.42. The molecule has 0 spiro atoms. The van der Waals surface area contributed by atoms with Crippen molar-refractivity contribution in [3.63, 3.8) is 0 Å². The zero-order valence-corrected chi connectivity index (χ0v) is 11.6. The fourth-order valence-electron chi connectivity index (χ4n) is 2.05. The summed E-state index contributed by atoms with van der Waals surface area (Å²) >= 11 is 0. The summed E-state index contributed by atoms with van der Waals surface area (Å²) in [6.45, 7) is -0.0254. The molecule has 0 aromatic heterocycles. The Morgan fingerprint density at radius 3 is 2.55 bits per heavy atom. The molecule has 1 aliphatic heterocycles. The summed E-state index contributed by atoms with van der Waals surface area (Å²) in [5, 5.41) is 2.32. The number of benzene rings is 1. The van der Waals surface area contributed by atoms with E-state index >= 15 is 0 Å². The summed E-state index contributed by atoms with van der Waals surface area (Å²) in [6, 6.07) is 6.53. The molecule has 1 fully saturated rings. The minimum Gasteiger partial charge on any atom is -0.447 e. The molecule has 0 bridgehead atoms.